The Labute approximate surface area is 156 Å². The van der Waals surface area contributed by atoms with Crippen molar-refractivity contribution in [2.45, 2.75) is 135 Å². The molecule has 0 saturated heterocycles. The molecule has 0 aromatic heterocycles. The van der Waals surface area contributed by atoms with Gasteiger partial charge in [-0.2, -0.15) is 0 Å². The number of unbranched alkanes of at least 4 members (excludes halogenated alkanes) is 16. The van der Waals surface area contributed by atoms with Crippen LogP contribution >= 0.6 is 0 Å². The third kappa shape index (κ3) is 22.2. The Hall–Kier alpha value is 0.177. The van der Waals surface area contributed by atoms with E-state index in [4.69, 9.17) is 4.43 Å². The molecular formula is C22H46OSi. The standard InChI is InChI=1S/C22H46OSi/c1-3-5-6-7-8-9-10-11-12-13-14-15-16-17-18-19-20-21-23-24-22-4-2/h3-22H2,1-2H3. The van der Waals surface area contributed by atoms with Crippen molar-refractivity contribution in [1.29, 1.82) is 0 Å². The molecule has 0 rings (SSSR count). The van der Waals surface area contributed by atoms with Gasteiger partial charge in [-0.15, -0.1) is 0 Å². The lowest BCUT2D eigenvalue weighted by Crippen LogP contribution is -1.99. The van der Waals surface area contributed by atoms with Crippen LogP contribution in [-0.2, 0) is 4.43 Å². The molecular weight excluding hydrogens is 308 g/mol. The van der Waals surface area contributed by atoms with E-state index in [1.807, 2.05) is 0 Å². The summed E-state index contributed by atoms with van der Waals surface area (Å²) in [6.45, 7) is 5.52. The Bertz CT molecular complexity index is 186. The molecule has 2 heteroatoms. The number of hydrogen-bond donors (Lipinski definition) is 0. The third-order valence-corrected chi connectivity index (χ3v) is 5.92. The summed E-state index contributed by atoms with van der Waals surface area (Å²) in [6, 6.07) is 1.25. The van der Waals surface area contributed by atoms with Crippen molar-refractivity contribution in [3.05, 3.63) is 0 Å². The van der Waals surface area contributed by atoms with Crippen LogP contribution < -0.4 is 0 Å². The van der Waals surface area contributed by atoms with Gasteiger partial charge >= 0.3 is 0 Å². The Morgan fingerprint density at radius 2 is 0.833 bits per heavy atom. The first-order valence-corrected chi connectivity index (χ1v) is 12.4. The summed E-state index contributed by atoms with van der Waals surface area (Å²) >= 11 is 0. The van der Waals surface area contributed by atoms with Gasteiger partial charge in [0.25, 0.3) is 0 Å². The fourth-order valence-corrected chi connectivity index (χ4v) is 3.78. The van der Waals surface area contributed by atoms with Gasteiger partial charge in [0.2, 0.25) is 9.76 Å². The van der Waals surface area contributed by atoms with Crippen LogP contribution in [0.25, 0.3) is 0 Å². The van der Waals surface area contributed by atoms with Crippen molar-refractivity contribution in [3.8, 4) is 0 Å². The monoisotopic (exact) mass is 354 g/mol. The molecule has 0 unspecified atom stereocenters. The van der Waals surface area contributed by atoms with E-state index in [1.165, 1.54) is 122 Å². The van der Waals surface area contributed by atoms with E-state index in [-0.39, 0.29) is 0 Å². The molecule has 0 N–H and O–H groups in total. The summed E-state index contributed by atoms with van der Waals surface area (Å²) in [5.74, 6) is 0. The topological polar surface area (TPSA) is 9.23 Å². The lowest BCUT2D eigenvalue weighted by atomic mass is 10.0. The van der Waals surface area contributed by atoms with Crippen molar-refractivity contribution in [2.24, 2.45) is 0 Å². The molecule has 0 saturated carbocycles. The first kappa shape index (κ1) is 24.2. The van der Waals surface area contributed by atoms with Crippen molar-refractivity contribution in [1.82, 2.24) is 0 Å². The normalized spacial score (nSPS) is 11.2. The van der Waals surface area contributed by atoms with Crippen LogP contribution in [0.5, 0.6) is 0 Å². The summed E-state index contributed by atoms with van der Waals surface area (Å²) in [4.78, 5) is 0. The van der Waals surface area contributed by atoms with E-state index in [9.17, 15) is 0 Å². The zero-order chi connectivity index (χ0) is 17.6. The van der Waals surface area contributed by atoms with Crippen LogP contribution in [0.2, 0.25) is 6.04 Å². The molecule has 0 spiro atoms. The zero-order valence-corrected chi connectivity index (χ0v) is 18.1. The molecule has 0 bridgehead atoms. The second-order valence-electron chi connectivity index (χ2n) is 7.40. The summed E-state index contributed by atoms with van der Waals surface area (Å²) in [5, 5.41) is 0. The maximum absolute atomic E-state index is 5.63. The lowest BCUT2D eigenvalue weighted by Gasteiger charge is -2.04. The molecule has 0 aliphatic heterocycles. The van der Waals surface area contributed by atoms with Crippen LogP contribution in [0.1, 0.15) is 129 Å². The van der Waals surface area contributed by atoms with Crippen LogP contribution in [0.4, 0.5) is 0 Å². The van der Waals surface area contributed by atoms with Crippen molar-refractivity contribution >= 4 is 9.76 Å². The van der Waals surface area contributed by atoms with Crippen LogP contribution in [0, 0.1) is 0 Å². The SMILES string of the molecule is CCCCCCCCCCCCCCCCCCCO[Si]CCC. The molecule has 0 heterocycles. The molecule has 0 aliphatic carbocycles. The van der Waals surface area contributed by atoms with Gasteiger partial charge in [0.15, 0.2) is 0 Å². The quantitative estimate of drug-likeness (QED) is 0.149. The maximum Gasteiger partial charge on any atom is 0.229 e. The highest BCUT2D eigenvalue weighted by Gasteiger charge is 1.95. The molecule has 0 amide bonds. The smallest absolute Gasteiger partial charge is 0.229 e. The Morgan fingerprint density at radius 1 is 0.458 bits per heavy atom. The summed E-state index contributed by atoms with van der Waals surface area (Å²) < 4.78 is 5.63. The highest BCUT2D eigenvalue weighted by molar-refractivity contribution is 6.26. The van der Waals surface area contributed by atoms with Crippen molar-refractivity contribution in [3.63, 3.8) is 0 Å². The number of hydrogen-bond acceptors (Lipinski definition) is 1. The average Bonchev–Trinajstić information content (AvgIpc) is 2.60. The minimum atomic E-state index is 0.743. The Morgan fingerprint density at radius 3 is 1.21 bits per heavy atom. The fourth-order valence-electron chi connectivity index (χ4n) is 3.15. The minimum Gasteiger partial charge on any atom is -0.417 e. The molecule has 0 fully saturated rings. The summed E-state index contributed by atoms with van der Waals surface area (Å²) in [5.41, 5.74) is 0. The van der Waals surface area contributed by atoms with E-state index < -0.39 is 0 Å². The predicted octanol–water partition coefficient (Wildman–Crippen LogP) is 8.10. The average molecular weight is 355 g/mol. The second kappa shape index (κ2) is 23.2. The van der Waals surface area contributed by atoms with Gasteiger partial charge in [-0.05, 0) is 12.5 Å². The first-order valence-electron chi connectivity index (χ1n) is 11.3. The maximum atomic E-state index is 5.63. The van der Waals surface area contributed by atoms with E-state index in [0.717, 1.165) is 16.4 Å². The molecule has 0 atom stereocenters. The van der Waals surface area contributed by atoms with Gasteiger partial charge in [-0.1, -0.05) is 123 Å². The highest BCUT2D eigenvalue weighted by atomic mass is 28.2. The van der Waals surface area contributed by atoms with E-state index in [1.54, 1.807) is 0 Å². The van der Waals surface area contributed by atoms with Gasteiger partial charge in [0, 0.05) is 6.61 Å². The van der Waals surface area contributed by atoms with Gasteiger partial charge in [-0.3, -0.25) is 0 Å². The van der Waals surface area contributed by atoms with E-state index in [0.29, 0.717) is 0 Å². The Balaban J connectivity index is 2.93. The predicted molar refractivity (Wildman–Crippen MR) is 111 cm³/mol. The van der Waals surface area contributed by atoms with Gasteiger partial charge < -0.3 is 4.43 Å². The summed E-state index contributed by atoms with van der Waals surface area (Å²) in [7, 11) is 0.743. The molecule has 0 aromatic carbocycles. The molecule has 24 heavy (non-hydrogen) atoms. The first-order chi connectivity index (χ1) is 11.9. The van der Waals surface area contributed by atoms with E-state index in [2.05, 4.69) is 13.8 Å². The number of rotatable bonds is 21. The third-order valence-electron chi connectivity index (χ3n) is 4.80. The molecule has 1 nitrogen and oxygen atoms in total. The van der Waals surface area contributed by atoms with Crippen LogP contribution in [-0.4, -0.2) is 16.4 Å². The molecule has 0 aliphatic rings. The van der Waals surface area contributed by atoms with Crippen LogP contribution in [0.15, 0.2) is 0 Å². The second-order valence-corrected chi connectivity index (χ2v) is 8.48. The molecule has 2 radical (unpaired) electrons. The Kier molecular flexibility index (Phi) is 23.3. The van der Waals surface area contributed by atoms with Crippen molar-refractivity contribution < 1.29 is 4.43 Å². The minimum absolute atomic E-state index is 0.743. The van der Waals surface area contributed by atoms with Crippen molar-refractivity contribution in [2.75, 3.05) is 6.61 Å². The molecule has 0 aromatic rings. The summed E-state index contributed by atoms with van der Waals surface area (Å²) in [6.07, 6.45) is 25.7. The van der Waals surface area contributed by atoms with Crippen LogP contribution in [0.3, 0.4) is 0 Å². The fraction of sp³-hybridized carbons (Fsp3) is 1.00. The highest BCUT2D eigenvalue weighted by Crippen LogP contribution is 2.14. The van der Waals surface area contributed by atoms with E-state index >= 15 is 0 Å². The van der Waals surface area contributed by atoms with Gasteiger partial charge in [0.1, 0.15) is 0 Å². The van der Waals surface area contributed by atoms with Gasteiger partial charge in [0.05, 0.1) is 0 Å². The largest absolute Gasteiger partial charge is 0.417 e. The van der Waals surface area contributed by atoms with Gasteiger partial charge in [-0.25, -0.2) is 0 Å². The molecule has 144 valence electrons. The zero-order valence-electron chi connectivity index (χ0n) is 17.1. The lowest BCUT2D eigenvalue weighted by molar-refractivity contribution is 0.319.